The van der Waals surface area contributed by atoms with Crippen LogP contribution in [0.5, 0.6) is 5.88 Å². The van der Waals surface area contributed by atoms with Gasteiger partial charge in [-0.2, -0.15) is 22.0 Å². The molecule has 37 heavy (non-hydrogen) atoms. The third-order valence-corrected chi connectivity index (χ3v) is 5.13. The van der Waals surface area contributed by atoms with Crippen molar-refractivity contribution in [3.63, 3.8) is 0 Å². The molecule has 8 nitrogen and oxygen atoms in total. The number of rotatable bonds is 8. The molecule has 0 spiro atoms. The lowest BCUT2D eigenvalue weighted by Gasteiger charge is -2.14. The zero-order valence-electron chi connectivity index (χ0n) is 18.7. The summed E-state index contributed by atoms with van der Waals surface area (Å²) in [6.07, 6.45) is -5.72. The van der Waals surface area contributed by atoms with Gasteiger partial charge >= 0.3 is 12.3 Å². The maximum Gasteiger partial charge on any atom is 0.422 e. The van der Waals surface area contributed by atoms with Gasteiger partial charge < -0.3 is 14.0 Å². The monoisotopic (exact) mass is 517 g/mol. The first-order valence-electron chi connectivity index (χ1n) is 10.7. The molecule has 0 aliphatic rings. The molecule has 4 heterocycles. The molecular weight excluding hydrogens is 501 g/mol. The van der Waals surface area contributed by atoms with E-state index in [0.29, 0.717) is 16.9 Å². The lowest BCUT2D eigenvalue weighted by atomic mass is 10.1. The highest BCUT2D eigenvalue weighted by Crippen LogP contribution is 2.31. The fourth-order valence-electron chi connectivity index (χ4n) is 3.40. The van der Waals surface area contributed by atoms with Crippen molar-refractivity contribution in [2.24, 2.45) is 0 Å². The lowest BCUT2D eigenvalue weighted by Crippen LogP contribution is -2.21. The summed E-state index contributed by atoms with van der Waals surface area (Å²) in [6.45, 7) is -2.03. The Morgan fingerprint density at radius 3 is 2.38 bits per heavy atom. The second-order valence-electron chi connectivity index (χ2n) is 7.81. The van der Waals surface area contributed by atoms with Crippen LogP contribution in [0.2, 0.25) is 0 Å². The van der Waals surface area contributed by atoms with Crippen molar-refractivity contribution in [1.82, 2.24) is 24.7 Å². The number of hydrogen-bond donors (Lipinski definition) is 0. The average molecular weight is 517 g/mol. The van der Waals surface area contributed by atoms with Gasteiger partial charge in [0.25, 0.3) is 0 Å². The number of nitrogens with zero attached hydrogens (tertiary/aromatic N) is 5. The largest absolute Gasteiger partial charge is 0.468 e. The molecule has 0 aliphatic heterocycles. The summed E-state index contributed by atoms with van der Waals surface area (Å²) < 4.78 is 82.6. The molecule has 0 saturated carbocycles. The van der Waals surface area contributed by atoms with E-state index in [1.807, 2.05) is 6.07 Å². The molecule has 190 valence electrons. The van der Waals surface area contributed by atoms with Gasteiger partial charge in [0.2, 0.25) is 11.7 Å². The van der Waals surface area contributed by atoms with Gasteiger partial charge in [-0.25, -0.2) is 4.98 Å². The van der Waals surface area contributed by atoms with Gasteiger partial charge in [0, 0.05) is 41.2 Å². The molecule has 0 unspecified atom stereocenters. The summed E-state index contributed by atoms with van der Waals surface area (Å²) in [5, 5.41) is 11.1. The summed E-state index contributed by atoms with van der Waals surface area (Å²) in [5.74, 6) is -0.590. The maximum atomic E-state index is 15.0. The molecule has 0 amide bonds. The summed E-state index contributed by atoms with van der Waals surface area (Å²) in [5.41, 5.74) is 1.91. The Morgan fingerprint density at radius 1 is 0.865 bits per heavy atom. The van der Waals surface area contributed by atoms with Gasteiger partial charge in [0.15, 0.2) is 18.0 Å². The van der Waals surface area contributed by atoms with E-state index in [1.165, 1.54) is 36.7 Å². The van der Waals surface area contributed by atoms with E-state index in [4.69, 9.17) is 9.26 Å². The van der Waals surface area contributed by atoms with E-state index in [2.05, 4.69) is 25.1 Å². The van der Waals surface area contributed by atoms with Crippen molar-refractivity contribution in [1.29, 1.82) is 0 Å². The van der Waals surface area contributed by atoms with Crippen LogP contribution in [0.3, 0.4) is 0 Å². The smallest absolute Gasteiger partial charge is 0.422 e. The van der Waals surface area contributed by atoms with Gasteiger partial charge in [0.05, 0.1) is 6.61 Å². The SMILES string of the molecule is FC(F)(F)COc1ccc(-c2ccc3nnc(C(F)(F)OCc4cc(-c5ccccc5)on4)n3c2)cn1. The van der Waals surface area contributed by atoms with Crippen LogP contribution >= 0.6 is 0 Å². The highest BCUT2D eigenvalue weighted by Gasteiger charge is 2.39. The fourth-order valence-corrected chi connectivity index (χ4v) is 3.40. The van der Waals surface area contributed by atoms with Gasteiger partial charge in [0.1, 0.15) is 5.69 Å². The fraction of sp³-hybridized carbons (Fsp3) is 0.167. The van der Waals surface area contributed by atoms with Crippen molar-refractivity contribution >= 4 is 5.65 Å². The summed E-state index contributed by atoms with van der Waals surface area (Å²) >= 11 is 0. The van der Waals surface area contributed by atoms with Crippen molar-refractivity contribution in [3.05, 3.63) is 84.6 Å². The first-order chi connectivity index (χ1) is 17.7. The van der Waals surface area contributed by atoms with Crippen molar-refractivity contribution in [2.45, 2.75) is 18.9 Å². The molecule has 0 aliphatic carbocycles. The Labute approximate surface area is 205 Å². The van der Waals surface area contributed by atoms with Gasteiger partial charge in [-0.1, -0.05) is 35.5 Å². The molecule has 0 radical (unpaired) electrons. The molecule has 0 saturated heterocycles. The molecule has 0 atom stereocenters. The molecule has 1 aromatic carbocycles. The molecule has 5 aromatic rings. The number of aromatic nitrogens is 5. The molecule has 13 heteroatoms. The Bertz CT molecular complexity index is 1500. The number of fused-ring (bicyclic) bond motifs is 1. The van der Waals surface area contributed by atoms with E-state index in [1.54, 1.807) is 30.3 Å². The predicted octanol–water partition coefficient (Wildman–Crippen LogP) is 5.65. The van der Waals surface area contributed by atoms with Crippen LogP contribution in [0.15, 0.2) is 77.6 Å². The molecule has 4 aromatic heterocycles. The molecule has 0 fully saturated rings. The summed E-state index contributed by atoms with van der Waals surface area (Å²) in [6, 6.07) is 16.3. The topological polar surface area (TPSA) is 87.6 Å². The van der Waals surface area contributed by atoms with E-state index >= 15 is 0 Å². The second-order valence-corrected chi connectivity index (χ2v) is 7.81. The number of ether oxygens (including phenoxy) is 2. The second kappa shape index (κ2) is 9.58. The van der Waals surface area contributed by atoms with Gasteiger partial charge in [-0.05, 0) is 18.2 Å². The van der Waals surface area contributed by atoms with Crippen LogP contribution in [0.1, 0.15) is 11.5 Å². The Morgan fingerprint density at radius 2 is 1.65 bits per heavy atom. The van der Waals surface area contributed by atoms with Crippen LogP contribution in [-0.4, -0.2) is 37.5 Å². The maximum absolute atomic E-state index is 15.0. The minimum atomic E-state index is -4.50. The Balaban J connectivity index is 1.32. The standard InChI is InChI=1S/C24H16F5N5O3/c25-23(26,27)14-35-21-9-7-16(11-30-21)17-6-8-20-31-32-22(34(20)12-17)24(28,29)36-13-18-10-19(37-33-18)15-4-2-1-3-5-15/h1-12H,13-14H2. The number of benzene rings is 1. The van der Waals surface area contributed by atoms with E-state index in [0.717, 1.165) is 9.96 Å². The average Bonchev–Trinajstić information content (AvgIpc) is 3.54. The third kappa shape index (κ3) is 5.56. The third-order valence-electron chi connectivity index (χ3n) is 5.13. The van der Waals surface area contributed by atoms with Crippen LogP contribution in [0, 0.1) is 0 Å². The lowest BCUT2D eigenvalue weighted by molar-refractivity contribution is -0.262. The van der Waals surface area contributed by atoms with Gasteiger partial charge in [-0.15, -0.1) is 10.2 Å². The minimum Gasteiger partial charge on any atom is -0.468 e. The number of halogens is 5. The minimum absolute atomic E-state index is 0.132. The van der Waals surface area contributed by atoms with Crippen LogP contribution in [0.25, 0.3) is 28.1 Å². The molecule has 5 rings (SSSR count). The van der Waals surface area contributed by atoms with Crippen molar-refractivity contribution in [3.8, 4) is 28.3 Å². The first kappa shape index (κ1) is 24.3. The molecule has 0 bridgehead atoms. The Kier molecular flexibility index (Phi) is 6.29. The highest BCUT2D eigenvalue weighted by atomic mass is 19.4. The number of alkyl halides is 5. The number of hydrogen-bond acceptors (Lipinski definition) is 7. The van der Waals surface area contributed by atoms with E-state index in [-0.39, 0.29) is 17.2 Å². The van der Waals surface area contributed by atoms with E-state index < -0.39 is 31.3 Å². The summed E-state index contributed by atoms with van der Waals surface area (Å²) in [7, 11) is 0. The number of pyridine rings is 2. The van der Waals surface area contributed by atoms with Crippen molar-refractivity contribution < 1.29 is 35.9 Å². The predicted molar refractivity (Wildman–Crippen MR) is 118 cm³/mol. The van der Waals surface area contributed by atoms with Crippen LogP contribution in [0.4, 0.5) is 22.0 Å². The zero-order valence-corrected chi connectivity index (χ0v) is 18.7. The van der Waals surface area contributed by atoms with Crippen molar-refractivity contribution in [2.75, 3.05) is 6.61 Å². The highest BCUT2D eigenvalue weighted by molar-refractivity contribution is 5.64. The van der Waals surface area contributed by atoms with Crippen LogP contribution in [-0.2, 0) is 17.5 Å². The molecular formula is C24H16F5N5O3. The zero-order chi connectivity index (χ0) is 26.0. The Hall–Kier alpha value is -4.39. The van der Waals surface area contributed by atoms with Crippen LogP contribution < -0.4 is 4.74 Å². The first-order valence-corrected chi connectivity index (χ1v) is 10.7. The summed E-state index contributed by atoms with van der Waals surface area (Å²) in [4.78, 5) is 3.83. The molecule has 0 N–H and O–H groups in total. The quantitative estimate of drug-likeness (QED) is 0.246. The normalized spacial score (nSPS) is 12.2. The van der Waals surface area contributed by atoms with Gasteiger partial charge in [-0.3, -0.25) is 4.40 Å². The van der Waals surface area contributed by atoms with E-state index in [9.17, 15) is 22.0 Å².